The summed E-state index contributed by atoms with van der Waals surface area (Å²) in [5, 5.41) is 11.9. The normalized spacial score (nSPS) is 14.9. The lowest BCUT2D eigenvalue weighted by atomic mass is 10.2. The van der Waals surface area contributed by atoms with Crippen molar-refractivity contribution in [3.8, 4) is 0 Å². The lowest BCUT2D eigenvalue weighted by Crippen LogP contribution is -2.51. The van der Waals surface area contributed by atoms with Gasteiger partial charge in [-0.15, -0.1) is 0 Å². The van der Waals surface area contributed by atoms with Gasteiger partial charge in [-0.2, -0.15) is 0 Å². The van der Waals surface area contributed by atoms with E-state index in [1.54, 1.807) is 27.8 Å². The second-order valence-corrected chi connectivity index (χ2v) is 8.19. The lowest BCUT2D eigenvalue weighted by molar-refractivity contribution is -0.490. The average Bonchev–Trinajstić information content (AvgIpc) is 3.11. The number of halogens is 1. The van der Waals surface area contributed by atoms with E-state index < -0.39 is 26.9 Å². The van der Waals surface area contributed by atoms with Crippen LogP contribution in [0, 0.1) is 10.1 Å². The van der Waals surface area contributed by atoms with Gasteiger partial charge in [0.15, 0.2) is 5.84 Å². The first-order chi connectivity index (χ1) is 13.8. The number of nitrogens with zero attached hydrogens (tertiary/aromatic N) is 4. The molecular formula is C17H16ClN5O5S. The van der Waals surface area contributed by atoms with Crippen LogP contribution in [0.3, 0.4) is 0 Å². The summed E-state index contributed by atoms with van der Waals surface area (Å²) in [4.78, 5) is 32.7. The highest BCUT2D eigenvalue weighted by molar-refractivity contribution is 7.90. The number of aromatic nitrogens is 1. The molecule has 1 aromatic carbocycles. The van der Waals surface area contributed by atoms with Gasteiger partial charge in [0.1, 0.15) is 5.15 Å². The van der Waals surface area contributed by atoms with Gasteiger partial charge in [-0.25, -0.2) is 18.1 Å². The number of amides is 1. The molecule has 1 aliphatic rings. The molecule has 0 bridgehead atoms. The number of pyridine rings is 1. The van der Waals surface area contributed by atoms with Crippen LogP contribution in [0.5, 0.6) is 0 Å². The maximum absolute atomic E-state index is 12.5. The standard InChI is InChI=1S/C17H16ClN5O5S/c18-14-7-6-12(10-20-14)11-22-9-8-19-16(22)15(23(25)26)17(24)21-29(27,28)13-4-2-1-3-5-13/h1-7,10,15H,8-9,11H2,(H,21,24). The Hall–Kier alpha value is -3.05. The van der Waals surface area contributed by atoms with E-state index in [2.05, 4.69) is 9.98 Å². The van der Waals surface area contributed by atoms with Gasteiger partial charge in [-0.1, -0.05) is 35.9 Å². The van der Waals surface area contributed by atoms with Gasteiger partial charge in [0.2, 0.25) is 0 Å². The summed E-state index contributed by atoms with van der Waals surface area (Å²) in [6, 6.07) is 8.45. The minimum atomic E-state index is -4.25. The van der Waals surface area contributed by atoms with Crippen LogP contribution in [0.2, 0.25) is 5.15 Å². The number of sulfonamides is 1. The summed E-state index contributed by atoms with van der Waals surface area (Å²) in [5.41, 5.74) is 0.711. The average molecular weight is 438 g/mol. The summed E-state index contributed by atoms with van der Waals surface area (Å²) in [7, 11) is -4.25. The summed E-state index contributed by atoms with van der Waals surface area (Å²) < 4.78 is 26.5. The Bertz CT molecular complexity index is 1040. The minimum Gasteiger partial charge on any atom is -0.348 e. The first kappa shape index (κ1) is 20.7. The highest BCUT2D eigenvalue weighted by Gasteiger charge is 2.42. The number of carbonyl (C=O) groups excluding carboxylic acids is 1. The molecule has 0 aliphatic carbocycles. The molecule has 0 radical (unpaired) electrons. The largest absolute Gasteiger partial charge is 0.348 e. The minimum absolute atomic E-state index is 0.106. The first-order valence-electron chi connectivity index (χ1n) is 8.43. The van der Waals surface area contributed by atoms with Crippen molar-refractivity contribution < 1.29 is 18.1 Å². The Morgan fingerprint density at radius 1 is 1.28 bits per heavy atom. The van der Waals surface area contributed by atoms with Crippen LogP contribution in [-0.4, -0.2) is 54.1 Å². The zero-order valence-corrected chi connectivity index (χ0v) is 16.5. The summed E-state index contributed by atoms with van der Waals surface area (Å²) in [5.74, 6) is -1.38. The zero-order valence-electron chi connectivity index (χ0n) is 14.9. The molecule has 2 heterocycles. The summed E-state index contributed by atoms with van der Waals surface area (Å²) in [6.45, 7) is 0.812. The second-order valence-electron chi connectivity index (χ2n) is 6.12. The van der Waals surface area contributed by atoms with Crippen LogP contribution >= 0.6 is 11.6 Å². The fourth-order valence-electron chi connectivity index (χ4n) is 2.79. The van der Waals surface area contributed by atoms with Crippen molar-refractivity contribution in [1.82, 2.24) is 14.6 Å². The monoisotopic (exact) mass is 437 g/mol. The van der Waals surface area contributed by atoms with Crippen molar-refractivity contribution in [3.63, 3.8) is 0 Å². The summed E-state index contributed by atoms with van der Waals surface area (Å²) >= 11 is 5.76. The molecule has 1 amide bonds. The number of benzene rings is 1. The molecule has 0 saturated heterocycles. The van der Waals surface area contributed by atoms with E-state index in [9.17, 15) is 23.3 Å². The zero-order chi connectivity index (χ0) is 21.0. The molecule has 1 N–H and O–H groups in total. The Morgan fingerprint density at radius 3 is 2.62 bits per heavy atom. The van der Waals surface area contributed by atoms with E-state index in [4.69, 9.17) is 11.6 Å². The molecule has 10 nitrogen and oxygen atoms in total. The molecule has 3 rings (SSSR count). The van der Waals surface area contributed by atoms with E-state index in [0.29, 0.717) is 17.3 Å². The highest BCUT2D eigenvalue weighted by atomic mass is 35.5. The van der Waals surface area contributed by atoms with Gasteiger partial charge in [-0.3, -0.25) is 19.9 Å². The van der Waals surface area contributed by atoms with E-state index in [1.807, 2.05) is 0 Å². The van der Waals surface area contributed by atoms with Crippen molar-refractivity contribution in [1.29, 1.82) is 0 Å². The molecule has 1 unspecified atom stereocenters. The van der Waals surface area contributed by atoms with Gasteiger partial charge in [0.25, 0.3) is 10.0 Å². The number of amidine groups is 1. The Balaban J connectivity index is 1.80. The van der Waals surface area contributed by atoms with Crippen LogP contribution in [-0.2, 0) is 21.4 Å². The molecule has 0 spiro atoms. The van der Waals surface area contributed by atoms with Crippen LogP contribution in [0.15, 0.2) is 58.5 Å². The molecule has 2 aromatic rings. The van der Waals surface area contributed by atoms with E-state index in [-0.39, 0.29) is 23.8 Å². The molecular weight excluding hydrogens is 422 g/mol. The molecule has 1 aliphatic heterocycles. The van der Waals surface area contributed by atoms with Crippen molar-refractivity contribution in [3.05, 3.63) is 69.5 Å². The quantitative estimate of drug-likeness (QED) is 0.389. The SMILES string of the molecule is O=C(NS(=O)(=O)c1ccccc1)C(C1=NCCN1Cc1ccc(Cl)nc1)[N+](=O)[O-]. The van der Waals surface area contributed by atoms with Gasteiger partial charge in [0.05, 0.1) is 11.4 Å². The number of hydrogen-bond donors (Lipinski definition) is 1. The second kappa shape index (κ2) is 8.53. The van der Waals surface area contributed by atoms with Crippen LogP contribution in [0.4, 0.5) is 0 Å². The molecule has 1 atom stereocenters. The van der Waals surface area contributed by atoms with Gasteiger partial charge in [0, 0.05) is 24.2 Å². The molecule has 12 heteroatoms. The van der Waals surface area contributed by atoms with Crippen molar-refractivity contribution in [2.45, 2.75) is 17.5 Å². The number of nitrogens with one attached hydrogen (secondary N) is 1. The van der Waals surface area contributed by atoms with Crippen LogP contribution in [0.1, 0.15) is 5.56 Å². The Kier molecular flexibility index (Phi) is 6.09. The smallest absolute Gasteiger partial charge is 0.346 e. The van der Waals surface area contributed by atoms with Gasteiger partial charge < -0.3 is 4.90 Å². The Morgan fingerprint density at radius 2 is 2.00 bits per heavy atom. The maximum Gasteiger partial charge on any atom is 0.346 e. The van der Waals surface area contributed by atoms with Crippen molar-refractivity contribution in [2.75, 3.05) is 13.1 Å². The van der Waals surface area contributed by atoms with E-state index in [1.165, 1.54) is 30.5 Å². The van der Waals surface area contributed by atoms with E-state index >= 15 is 0 Å². The van der Waals surface area contributed by atoms with Crippen molar-refractivity contribution >= 4 is 33.4 Å². The molecule has 1 aromatic heterocycles. The molecule has 152 valence electrons. The number of rotatable bonds is 7. The lowest BCUT2D eigenvalue weighted by Gasteiger charge is -2.21. The van der Waals surface area contributed by atoms with Crippen LogP contribution < -0.4 is 4.72 Å². The van der Waals surface area contributed by atoms with E-state index in [0.717, 1.165) is 0 Å². The van der Waals surface area contributed by atoms with Crippen molar-refractivity contribution in [2.24, 2.45) is 4.99 Å². The highest BCUT2D eigenvalue weighted by Crippen LogP contribution is 2.15. The number of hydrogen-bond acceptors (Lipinski definition) is 8. The number of carbonyl (C=O) groups is 1. The topological polar surface area (TPSA) is 135 Å². The maximum atomic E-state index is 12.5. The molecule has 0 saturated carbocycles. The fraction of sp³-hybridized carbons (Fsp3) is 0.235. The summed E-state index contributed by atoms with van der Waals surface area (Å²) in [6.07, 6.45) is 1.51. The molecule has 0 fully saturated rings. The number of aliphatic imine (C=N–C) groups is 1. The third-order valence-corrected chi connectivity index (χ3v) is 5.71. The molecule has 29 heavy (non-hydrogen) atoms. The van der Waals surface area contributed by atoms with Gasteiger partial charge >= 0.3 is 11.9 Å². The first-order valence-corrected chi connectivity index (χ1v) is 10.3. The third kappa shape index (κ3) is 4.87. The predicted octanol–water partition coefficient (Wildman–Crippen LogP) is 1.10. The number of nitro groups is 1. The van der Waals surface area contributed by atoms with Gasteiger partial charge in [-0.05, 0) is 23.8 Å². The van der Waals surface area contributed by atoms with Crippen LogP contribution in [0.25, 0.3) is 0 Å². The Labute approximate surface area is 171 Å². The predicted molar refractivity (Wildman–Crippen MR) is 105 cm³/mol. The fourth-order valence-corrected chi connectivity index (χ4v) is 3.92. The third-order valence-electron chi connectivity index (χ3n) is 4.12.